The van der Waals surface area contributed by atoms with E-state index in [1.165, 1.54) is 6.92 Å². The van der Waals surface area contributed by atoms with Gasteiger partial charge in [0.05, 0.1) is 11.4 Å². The van der Waals surface area contributed by atoms with E-state index in [9.17, 15) is 18.4 Å². The number of allylic oxidation sites excluding steroid dienone is 2. The van der Waals surface area contributed by atoms with Crippen molar-refractivity contribution in [2.45, 2.75) is 25.6 Å². The maximum absolute atomic E-state index is 11.8. The van der Waals surface area contributed by atoms with Crippen LogP contribution in [0.25, 0.3) is 0 Å². The fourth-order valence-corrected chi connectivity index (χ4v) is 2.79. The van der Waals surface area contributed by atoms with Crippen molar-refractivity contribution in [1.29, 1.82) is 0 Å². The molecule has 2 aliphatic rings. The summed E-state index contributed by atoms with van der Waals surface area (Å²) in [6.07, 6.45) is 4.27. The van der Waals surface area contributed by atoms with Crippen molar-refractivity contribution in [2.75, 3.05) is 6.61 Å². The summed E-state index contributed by atoms with van der Waals surface area (Å²) in [5.74, 6) is -1.63. The van der Waals surface area contributed by atoms with Crippen molar-refractivity contribution in [1.82, 2.24) is 0 Å². The van der Waals surface area contributed by atoms with Crippen molar-refractivity contribution in [3.8, 4) is 0 Å². The number of esters is 2. The zero-order valence-electron chi connectivity index (χ0n) is 11.9. The van der Waals surface area contributed by atoms with E-state index in [0.29, 0.717) is 6.42 Å². The summed E-state index contributed by atoms with van der Waals surface area (Å²) in [5.41, 5.74) is 0.911. The highest BCUT2D eigenvalue weighted by atomic mass is 32.2. The predicted octanol–water partition coefficient (Wildman–Crippen LogP) is 0.713. The first-order chi connectivity index (χ1) is 10.4. The van der Waals surface area contributed by atoms with Crippen LogP contribution in [-0.4, -0.2) is 39.5 Å². The fraction of sp³-hybridized carbons (Fsp3) is 0.429. The Hall–Kier alpha value is -1.77. The van der Waals surface area contributed by atoms with Crippen LogP contribution in [0.1, 0.15) is 13.3 Å². The molecule has 0 aliphatic heterocycles. The van der Waals surface area contributed by atoms with Gasteiger partial charge in [-0.2, -0.15) is 0 Å². The Morgan fingerprint density at radius 3 is 2.86 bits per heavy atom. The molecule has 8 heteroatoms. The summed E-state index contributed by atoms with van der Waals surface area (Å²) in [5, 5.41) is 0. The summed E-state index contributed by atoms with van der Waals surface area (Å²) in [6, 6.07) is 0. The van der Waals surface area contributed by atoms with Crippen LogP contribution in [0.3, 0.4) is 0 Å². The maximum atomic E-state index is 11.8. The lowest BCUT2D eigenvalue weighted by Crippen LogP contribution is -2.34. The first-order valence-electron chi connectivity index (χ1n) is 6.54. The summed E-state index contributed by atoms with van der Waals surface area (Å²) in [4.78, 5) is 23.0. The van der Waals surface area contributed by atoms with Crippen molar-refractivity contribution in [3.63, 3.8) is 0 Å². The number of rotatable bonds is 6. The minimum atomic E-state index is -2.72. The lowest BCUT2D eigenvalue weighted by atomic mass is 10.0. The second-order valence-corrected chi connectivity index (χ2v) is 5.63. The van der Waals surface area contributed by atoms with Gasteiger partial charge in [-0.05, 0) is 18.9 Å². The number of carbonyl (C=O) groups is 2. The van der Waals surface area contributed by atoms with Gasteiger partial charge in [-0.1, -0.05) is 24.8 Å². The fourth-order valence-electron chi connectivity index (χ4n) is 2.39. The molecule has 0 radical (unpaired) electrons. The summed E-state index contributed by atoms with van der Waals surface area (Å²) >= 11 is -2.72. The molecule has 0 heterocycles. The average Bonchev–Trinajstić information content (AvgIpc) is 2.68. The van der Waals surface area contributed by atoms with Crippen LogP contribution >= 0.6 is 0 Å². The molecule has 1 fully saturated rings. The number of carbonyl (C=O) groups excluding carboxylic acids is 2. The second-order valence-electron chi connectivity index (χ2n) is 5.03. The van der Waals surface area contributed by atoms with Gasteiger partial charge in [-0.15, -0.1) is 0 Å². The van der Waals surface area contributed by atoms with E-state index in [1.807, 2.05) is 6.08 Å². The van der Waals surface area contributed by atoms with Gasteiger partial charge in [-0.25, -0.2) is 13.8 Å². The molecule has 22 heavy (non-hydrogen) atoms. The molecular weight excluding hydrogens is 312 g/mol. The van der Waals surface area contributed by atoms with E-state index in [4.69, 9.17) is 13.7 Å². The van der Waals surface area contributed by atoms with Gasteiger partial charge < -0.3 is 14.0 Å². The van der Waals surface area contributed by atoms with Crippen LogP contribution in [0.5, 0.6) is 0 Å². The van der Waals surface area contributed by atoms with E-state index < -0.39 is 42.1 Å². The predicted molar refractivity (Wildman–Crippen MR) is 74.8 cm³/mol. The molecule has 0 aromatic heterocycles. The molecule has 7 nitrogen and oxygen atoms in total. The maximum Gasteiger partial charge on any atom is 0.344 e. The third-order valence-electron chi connectivity index (χ3n) is 3.35. The Labute approximate surface area is 130 Å². The number of ether oxygens (including phenoxy) is 2. The Kier molecular flexibility index (Phi) is 5.28. The highest BCUT2D eigenvalue weighted by Gasteiger charge is 2.43. The highest BCUT2D eigenvalue weighted by molar-refractivity contribution is 7.74. The lowest BCUT2D eigenvalue weighted by Gasteiger charge is -2.23. The molecule has 0 saturated heterocycles. The van der Waals surface area contributed by atoms with Gasteiger partial charge in [0, 0.05) is 11.5 Å². The van der Waals surface area contributed by atoms with E-state index >= 15 is 0 Å². The third-order valence-corrected chi connectivity index (χ3v) is 3.71. The van der Waals surface area contributed by atoms with Crippen LogP contribution in [0.4, 0.5) is 0 Å². The average molecular weight is 327 g/mol. The Morgan fingerprint density at radius 2 is 2.23 bits per heavy atom. The minimum Gasteiger partial charge on any atom is -0.750 e. The minimum absolute atomic E-state index is 0.158. The highest BCUT2D eigenvalue weighted by Crippen LogP contribution is 2.39. The van der Waals surface area contributed by atoms with E-state index in [-0.39, 0.29) is 11.5 Å². The summed E-state index contributed by atoms with van der Waals surface area (Å²) in [6.45, 7) is 4.28. The summed E-state index contributed by atoms with van der Waals surface area (Å²) in [7, 11) is 0. The Morgan fingerprint density at radius 1 is 1.50 bits per heavy atom. The van der Waals surface area contributed by atoms with Gasteiger partial charge >= 0.3 is 11.9 Å². The molecule has 4 unspecified atom stereocenters. The molecule has 4 atom stereocenters. The van der Waals surface area contributed by atoms with Gasteiger partial charge in [0.15, 0.2) is 6.61 Å². The Bertz CT molecular complexity index is 578. The first kappa shape index (κ1) is 16.6. The molecule has 1 saturated carbocycles. The molecule has 2 rings (SSSR count). The molecule has 120 valence electrons. The van der Waals surface area contributed by atoms with E-state index in [1.54, 1.807) is 12.2 Å². The Balaban J connectivity index is 1.97. The molecule has 0 amide bonds. The topological polar surface area (TPSA) is 102 Å². The molecule has 2 bridgehead atoms. The number of fused-ring (bicyclic) bond motifs is 2. The number of hydrogen-bond donors (Lipinski definition) is 0. The molecule has 0 N–H and O–H groups in total. The molecule has 2 aliphatic carbocycles. The quantitative estimate of drug-likeness (QED) is 0.402. The summed E-state index contributed by atoms with van der Waals surface area (Å²) < 4.78 is 36.3. The van der Waals surface area contributed by atoms with Crippen LogP contribution < -0.4 is 0 Å². The first-order valence-corrected chi connectivity index (χ1v) is 7.54. The second kappa shape index (κ2) is 6.99. The smallest absolute Gasteiger partial charge is 0.344 e. The lowest BCUT2D eigenvalue weighted by molar-refractivity contribution is -0.163. The van der Waals surface area contributed by atoms with Crippen LogP contribution in [0.15, 0.2) is 36.0 Å². The van der Waals surface area contributed by atoms with Crippen molar-refractivity contribution in [2.24, 2.45) is 5.92 Å². The van der Waals surface area contributed by atoms with Gasteiger partial charge in [-0.3, -0.25) is 4.18 Å². The number of hydrogen-bond acceptors (Lipinski definition) is 7. The normalized spacial score (nSPS) is 27.0. The van der Waals surface area contributed by atoms with Crippen molar-refractivity contribution >= 4 is 23.3 Å². The monoisotopic (exact) mass is 327 g/mol. The van der Waals surface area contributed by atoms with Crippen LogP contribution in [0, 0.1) is 5.92 Å². The van der Waals surface area contributed by atoms with Crippen LogP contribution in [-0.2, 0) is 34.6 Å². The molecule has 0 aromatic carbocycles. The zero-order valence-corrected chi connectivity index (χ0v) is 12.7. The van der Waals surface area contributed by atoms with E-state index in [0.717, 1.165) is 5.57 Å². The zero-order chi connectivity index (χ0) is 16.3. The molecule has 0 aromatic rings. The van der Waals surface area contributed by atoms with Crippen molar-refractivity contribution in [3.05, 3.63) is 36.0 Å². The van der Waals surface area contributed by atoms with Crippen molar-refractivity contribution < 1.29 is 32.0 Å². The molecular formula is C14H15O7S-. The molecule has 0 spiro atoms. The van der Waals surface area contributed by atoms with Gasteiger partial charge in [0.2, 0.25) is 0 Å². The standard InChI is InChI=1S/C14H16O7S/c1-8(2)14(16)19-7-11(15)20-12-9-4-3-5-10(6-9)13(12)21-22(17)18/h3-5,9,12-13H,1,6-7H2,2H3,(H,17,18)/p-1. The van der Waals surface area contributed by atoms with Gasteiger partial charge in [0.25, 0.3) is 0 Å². The van der Waals surface area contributed by atoms with Crippen LogP contribution in [0.2, 0.25) is 0 Å². The largest absolute Gasteiger partial charge is 0.750 e. The third kappa shape index (κ3) is 3.90. The SMILES string of the molecule is C=C(C)C(=O)OCC(=O)OC1C2C=CC=C(C2)C1OS(=O)[O-]. The van der Waals surface area contributed by atoms with E-state index in [2.05, 4.69) is 6.58 Å². The van der Waals surface area contributed by atoms with Gasteiger partial charge in [0.1, 0.15) is 12.2 Å².